The number of nitrogens with one attached hydrogen (secondary N) is 1. The Kier molecular flexibility index (Phi) is 3.85. The molecule has 100 valence electrons. The highest BCUT2D eigenvalue weighted by molar-refractivity contribution is 7.18. The van der Waals surface area contributed by atoms with Crippen LogP contribution in [0.1, 0.15) is 29.1 Å². The second-order valence-electron chi connectivity index (χ2n) is 4.74. The molecule has 0 saturated heterocycles. The minimum atomic E-state index is -0.0741. The Morgan fingerprint density at radius 1 is 1.32 bits per heavy atom. The molecule has 3 N–H and O–H groups in total. The van der Waals surface area contributed by atoms with E-state index in [4.69, 9.17) is 5.73 Å². The molecule has 4 nitrogen and oxygen atoms in total. The van der Waals surface area contributed by atoms with Crippen LogP contribution >= 0.6 is 11.3 Å². The van der Waals surface area contributed by atoms with Crippen molar-refractivity contribution in [1.82, 2.24) is 4.98 Å². The van der Waals surface area contributed by atoms with Gasteiger partial charge in [0, 0.05) is 11.6 Å². The number of aryl methyl sites for hydroxylation is 1. The maximum Gasteiger partial charge on any atom is 0.189 e. The fourth-order valence-corrected chi connectivity index (χ4v) is 2.58. The first kappa shape index (κ1) is 13.5. The molecule has 0 unspecified atom stereocenters. The Morgan fingerprint density at radius 2 is 1.95 bits per heavy atom. The number of anilines is 3. The fourth-order valence-electron chi connectivity index (χ4n) is 1.58. The summed E-state index contributed by atoms with van der Waals surface area (Å²) in [6.07, 6.45) is 0. The van der Waals surface area contributed by atoms with Crippen molar-refractivity contribution in [3.63, 3.8) is 0 Å². The minimum absolute atomic E-state index is 0.0342. The van der Waals surface area contributed by atoms with Crippen LogP contribution in [0, 0.1) is 12.8 Å². The van der Waals surface area contributed by atoms with E-state index >= 15 is 0 Å². The molecule has 1 aromatic heterocycles. The molecule has 0 saturated carbocycles. The normalized spacial score (nSPS) is 10.7. The number of nitrogens with two attached hydrogens (primary N) is 1. The molecule has 2 aromatic rings. The van der Waals surface area contributed by atoms with E-state index in [0.29, 0.717) is 15.8 Å². The van der Waals surface area contributed by atoms with Crippen LogP contribution in [0.5, 0.6) is 0 Å². The quantitative estimate of drug-likeness (QED) is 0.836. The number of nitrogen functional groups attached to an aromatic ring is 1. The monoisotopic (exact) mass is 275 g/mol. The summed E-state index contributed by atoms with van der Waals surface area (Å²) in [5, 5.41) is 3.81. The number of carbonyl (C=O) groups is 1. The first-order valence-electron chi connectivity index (χ1n) is 6.11. The van der Waals surface area contributed by atoms with Gasteiger partial charge in [-0.2, -0.15) is 0 Å². The SMILES string of the molecule is Cc1ccc(Nc2nc(N)c(C(=O)C(C)C)s2)cc1. The number of ketones is 1. The predicted octanol–water partition coefficient (Wildman–Crippen LogP) is 3.62. The van der Waals surface area contributed by atoms with Gasteiger partial charge in [0.15, 0.2) is 10.9 Å². The van der Waals surface area contributed by atoms with Gasteiger partial charge < -0.3 is 11.1 Å². The number of rotatable bonds is 4. The number of Topliss-reactive ketones (excluding diaryl/α,β-unsaturated/α-hetero) is 1. The number of nitrogens with zero attached hydrogens (tertiary/aromatic N) is 1. The zero-order chi connectivity index (χ0) is 14.0. The van der Waals surface area contributed by atoms with E-state index in [-0.39, 0.29) is 11.7 Å². The Bertz CT molecular complexity index is 587. The second-order valence-corrected chi connectivity index (χ2v) is 5.74. The fraction of sp³-hybridized carbons (Fsp3) is 0.286. The Balaban J connectivity index is 2.21. The van der Waals surface area contributed by atoms with Gasteiger partial charge in [0.05, 0.1) is 0 Å². The summed E-state index contributed by atoms with van der Waals surface area (Å²) in [5.74, 6) is 0.264. The molecular weight excluding hydrogens is 258 g/mol. The summed E-state index contributed by atoms with van der Waals surface area (Å²) in [6.45, 7) is 5.74. The lowest BCUT2D eigenvalue weighted by atomic mass is 10.1. The van der Waals surface area contributed by atoms with Crippen LogP contribution in [0.2, 0.25) is 0 Å². The molecule has 0 radical (unpaired) electrons. The van der Waals surface area contributed by atoms with Crippen molar-refractivity contribution < 1.29 is 4.79 Å². The molecule has 0 aliphatic heterocycles. The molecular formula is C14H17N3OS. The standard InChI is InChI=1S/C14H17N3OS/c1-8(2)11(18)12-13(15)17-14(19-12)16-10-6-4-9(3)5-7-10/h4-8H,15H2,1-3H3,(H,16,17). The van der Waals surface area contributed by atoms with Crippen molar-refractivity contribution >= 4 is 33.8 Å². The van der Waals surface area contributed by atoms with Crippen LogP contribution in [0.4, 0.5) is 16.6 Å². The van der Waals surface area contributed by atoms with Gasteiger partial charge in [-0.15, -0.1) is 0 Å². The van der Waals surface area contributed by atoms with Crippen molar-refractivity contribution in [1.29, 1.82) is 0 Å². The molecule has 1 heterocycles. The Labute approximate surface area is 116 Å². The zero-order valence-corrected chi connectivity index (χ0v) is 12.0. The highest BCUT2D eigenvalue weighted by Gasteiger charge is 2.18. The smallest absolute Gasteiger partial charge is 0.189 e. The van der Waals surface area contributed by atoms with Crippen molar-refractivity contribution in [2.45, 2.75) is 20.8 Å². The van der Waals surface area contributed by atoms with Gasteiger partial charge in [-0.1, -0.05) is 42.9 Å². The third-order valence-electron chi connectivity index (χ3n) is 2.70. The number of benzene rings is 1. The van der Waals surface area contributed by atoms with Crippen LogP contribution < -0.4 is 11.1 Å². The minimum Gasteiger partial charge on any atom is -0.382 e. The predicted molar refractivity (Wildman–Crippen MR) is 80.2 cm³/mol. The lowest BCUT2D eigenvalue weighted by molar-refractivity contribution is 0.0944. The van der Waals surface area contributed by atoms with E-state index in [9.17, 15) is 4.79 Å². The maximum absolute atomic E-state index is 11.9. The van der Waals surface area contributed by atoms with Crippen molar-refractivity contribution in [2.75, 3.05) is 11.1 Å². The van der Waals surface area contributed by atoms with Crippen molar-refractivity contribution in [3.8, 4) is 0 Å². The molecule has 0 aliphatic rings. The molecule has 1 aromatic carbocycles. The Hall–Kier alpha value is -1.88. The molecule has 2 rings (SSSR count). The molecule has 0 bridgehead atoms. The van der Waals surface area contributed by atoms with Gasteiger partial charge >= 0.3 is 0 Å². The Morgan fingerprint density at radius 3 is 2.53 bits per heavy atom. The van der Waals surface area contributed by atoms with Crippen molar-refractivity contribution in [3.05, 3.63) is 34.7 Å². The average Bonchev–Trinajstić information content (AvgIpc) is 2.72. The van der Waals surface area contributed by atoms with E-state index in [0.717, 1.165) is 5.69 Å². The number of aromatic nitrogens is 1. The van der Waals surface area contributed by atoms with E-state index in [1.807, 2.05) is 45.0 Å². The molecule has 0 atom stereocenters. The van der Waals surface area contributed by atoms with E-state index in [1.165, 1.54) is 16.9 Å². The van der Waals surface area contributed by atoms with Gasteiger partial charge in [0.1, 0.15) is 10.7 Å². The first-order chi connectivity index (χ1) is 8.97. The third-order valence-corrected chi connectivity index (χ3v) is 3.71. The van der Waals surface area contributed by atoms with Crippen LogP contribution in [0.3, 0.4) is 0 Å². The largest absolute Gasteiger partial charge is 0.382 e. The van der Waals surface area contributed by atoms with Crippen molar-refractivity contribution in [2.24, 2.45) is 5.92 Å². The highest BCUT2D eigenvalue weighted by Crippen LogP contribution is 2.29. The van der Waals surface area contributed by atoms with Gasteiger partial charge in [0.2, 0.25) is 0 Å². The summed E-state index contributed by atoms with van der Waals surface area (Å²) in [4.78, 5) is 16.7. The summed E-state index contributed by atoms with van der Waals surface area (Å²) >= 11 is 1.30. The maximum atomic E-state index is 11.9. The van der Waals surface area contributed by atoms with Gasteiger partial charge in [-0.3, -0.25) is 4.79 Å². The lowest BCUT2D eigenvalue weighted by Gasteiger charge is -2.02. The second kappa shape index (κ2) is 5.40. The number of hydrogen-bond donors (Lipinski definition) is 2. The van der Waals surface area contributed by atoms with E-state index < -0.39 is 0 Å². The van der Waals surface area contributed by atoms with E-state index in [2.05, 4.69) is 10.3 Å². The summed E-state index contributed by atoms with van der Waals surface area (Å²) < 4.78 is 0. The average molecular weight is 275 g/mol. The molecule has 0 fully saturated rings. The van der Waals surface area contributed by atoms with Crippen LogP contribution in [-0.2, 0) is 0 Å². The van der Waals surface area contributed by atoms with Gasteiger partial charge in [0.25, 0.3) is 0 Å². The molecule has 0 aliphatic carbocycles. The first-order valence-corrected chi connectivity index (χ1v) is 6.93. The molecule has 19 heavy (non-hydrogen) atoms. The van der Waals surface area contributed by atoms with Crippen LogP contribution in [0.25, 0.3) is 0 Å². The topological polar surface area (TPSA) is 68.0 Å². The molecule has 0 amide bonds. The zero-order valence-electron chi connectivity index (χ0n) is 11.2. The number of thiazole rings is 1. The molecule has 5 heteroatoms. The van der Waals surface area contributed by atoms with Gasteiger partial charge in [-0.05, 0) is 19.1 Å². The number of hydrogen-bond acceptors (Lipinski definition) is 5. The van der Waals surface area contributed by atoms with Crippen LogP contribution in [0.15, 0.2) is 24.3 Å². The highest BCUT2D eigenvalue weighted by atomic mass is 32.1. The van der Waals surface area contributed by atoms with E-state index in [1.54, 1.807) is 0 Å². The van der Waals surface area contributed by atoms with Crippen LogP contribution in [-0.4, -0.2) is 10.8 Å². The lowest BCUT2D eigenvalue weighted by Crippen LogP contribution is -2.07. The summed E-state index contributed by atoms with van der Waals surface area (Å²) in [6, 6.07) is 7.96. The third kappa shape index (κ3) is 3.12. The van der Waals surface area contributed by atoms with Gasteiger partial charge in [-0.25, -0.2) is 4.98 Å². The molecule has 0 spiro atoms. The summed E-state index contributed by atoms with van der Waals surface area (Å²) in [5.41, 5.74) is 7.92. The summed E-state index contributed by atoms with van der Waals surface area (Å²) in [7, 11) is 0. The number of carbonyl (C=O) groups excluding carboxylic acids is 1.